The average Bonchev–Trinajstić information content (AvgIpc) is 3.04. The van der Waals surface area contributed by atoms with Crippen molar-refractivity contribution < 1.29 is 27.9 Å². The first-order valence-electron chi connectivity index (χ1n) is 8.60. The number of carboxylic acid groups (broad SMARTS) is 1. The Bertz CT molecular complexity index is 797. The molecule has 0 spiro atoms. The largest absolute Gasteiger partial charge is 0.480 e. The minimum Gasteiger partial charge on any atom is -0.480 e. The number of ether oxygens (including phenoxy) is 1. The van der Waals surface area contributed by atoms with Crippen LogP contribution in [0.25, 0.3) is 0 Å². The van der Waals surface area contributed by atoms with Crippen molar-refractivity contribution >= 4 is 21.9 Å². The number of carbonyl (C=O) groups is 2. The summed E-state index contributed by atoms with van der Waals surface area (Å²) >= 11 is 0. The van der Waals surface area contributed by atoms with E-state index in [-0.39, 0.29) is 30.3 Å². The van der Waals surface area contributed by atoms with Gasteiger partial charge in [0, 0.05) is 32.9 Å². The van der Waals surface area contributed by atoms with Gasteiger partial charge in [0.15, 0.2) is 6.04 Å². The van der Waals surface area contributed by atoms with Crippen LogP contribution >= 0.6 is 0 Å². The molecule has 1 unspecified atom stereocenters. The number of amides is 1. The quantitative estimate of drug-likeness (QED) is 0.789. The molecule has 0 radical (unpaired) electrons. The fourth-order valence-electron chi connectivity index (χ4n) is 3.34. The summed E-state index contributed by atoms with van der Waals surface area (Å²) in [6.07, 6.45) is 4.07. The molecule has 1 amide bonds. The summed E-state index contributed by atoms with van der Waals surface area (Å²) < 4.78 is 33.6. The van der Waals surface area contributed by atoms with Crippen molar-refractivity contribution in [2.24, 2.45) is 7.05 Å². The molecule has 2 saturated heterocycles. The van der Waals surface area contributed by atoms with Crippen molar-refractivity contribution in [3.63, 3.8) is 0 Å². The summed E-state index contributed by atoms with van der Waals surface area (Å²) in [4.78, 5) is 25.5. The zero-order valence-electron chi connectivity index (χ0n) is 14.6. The molecule has 2 aliphatic heterocycles. The van der Waals surface area contributed by atoms with Crippen LogP contribution in [-0.2, 0) is 26.6 Å². The lowest BCUT2D eigenvalue weighted by molar-refractivity contribution is -0.147. The number of carboxylic acids is 1. The summed E-state index contributed by atoms with van der Waals surface area (Å²) in [7, 11) is -2.08. The molecule has 9 nitrogen and oxygen atoms in total. The third-order valence-corrected chi connectivity index (χ3v) is 6.69. The van der Waals surface area contributed by atoms with Gasteiger partial charge < -0.3 is 19.3 Å². The summed E-state index contributed by atoms with van der Waals surface area (Å²) in [5.74, 6) is -1.66. The van der Waals surface area contributed by atoms with E-state index in [9.17, 15) is 23.1 Å². The Morgan fingerprint density at radius 1 is 1.19 bits per heavy atom. The lowest BCUT2D eigenvalue weighted by atomic mass is 10.2. The first-order chi connectivity index (χ1) is 12.3. The molecule has 10 heteroatoms. The molecule has 0 saturated carbocycles. The van der Waals surface area contributed by atoms with Crippen molar-refractivity contribution in [3.05, 3.63) is 18.0 Å². The molecule has 144 valence electrons. The molecule has 1 aromatic rings. The Morgan fingerprint density at radius 3 is 2.54 bits per heavy atom. The van der Waals surface area contributed by atoms with Crippen LogP contribution in [0.15, 0.2) is 17.2 Å². The van der Waals surface area contributed by atoms with Crippen LogP contribution in [0.4, 0.5) is 0 Å². The number of aliphatic carboxylic acids is 1. The van der Waals surface area contributed by atoms with Gasteiger partial charge >= 0.3 is 5.97 Å². The van der Waals surface area contributed by atoms with Crippen LogP contribution in [0.1, 0.15) is 29.8 Å². The molecule has 1 N–H and O–H groups in total. The first kappa shape index (κ1) is 18.9. The fourth-order valence-corrected chi connectivity index (χ4v) is 4.93. The Balaban J connectivity index is 1.87. The number of rotatable bonds is 4. The predicted molar refractivity (Wildman–Crippen MR) is 91.3 cm³/mol. The molecular weight excluding hydrogens is 362 g/mol. The minimum atomic E-state index is -3.66. The number of sulfonamides is 1. The third-order valence-electron chi connectivity index (χ3n) is 4.83. The van der Waals surface area contributed by atoms with Gasteiger partial charge in [-0.15, -0.1) is 0 Å². The second-order valence-corrected chi connectivity index (χ2v) is 8.50. The van der Waals surface area contributed by atoms with Crippen molar-refractivity contribution in [1.82, 2.24) is 13.8 Å². The van der Waals surface area contributed by atoms with Gasteiger partial charge in [-0.25, -0.2) is 13.2 Å². The molecule has 0 aliphatic carbocycles. The number of carbonyl (C=O) groups excluding carboxylic acids is 1. The summed E-state index contributed by atoms with van der Waals surface area (Å²) in [5, 5.41) is 9.30. The van der Waals surface area contributed by atoms with Crippen molar-refractivity contribution in [3.8, 4) is 0 Å². The van der Waals surface area contributed by atoms with Crippen molar-refractivity contribution in [2.45, 2.75) is 30.2 Å². The highest BCUT2D eigenvalue weighted by atomic mass is 32.2. The molecule has 0 bridgehead atoms. The SMILES string of the molecule is Cn1cc(S(=O)(=O)N2CCCCC2)cc1C(=O)N1CCOCC1C(=O)O. The van der Waals surface area contributed by atoms with Crippen LogP contribution in [0.2, 0.25) is 0 Å². The van der Waals surface area contributed by atoms with E-state index in [2.05, 4.69) is 0 Å². The molecular formula is C16H23N3O6S. The Hall–Kier alpha value is -1.91. The van der Waals surface area contributed by atoms with E-state index in [1.54, 1.807) is 7.05 Å². The summed E-state index contributed by atoms with van der Waals surface area (Å²) in [6.45, 7) is 1.27. The highest BCUT2D eigenvalue weighted by Gasteiger charge is 2.35. The van der Waals surface area contributed by atoms with Gasteiger partial charge in [0.05, 0.1) is 13.2 Å². The van der Waals surface area contributed by atoms with E-state index >= 15 is 0 Å². The van der Waals surface area contributed by atoms with Gasteiger partial charge in [-0.1, -0.05) is 6.42 Å². The summed E-state index contributed by atoms with van der Waals surface area (Å²) in [6, 6.07) is 0.258. The maximum atomic E-state index is 12.8. The topological polar surface area (TPSA) is 109 Å². The van der Waals surface area contributed by atoms with Gasteiger partial charge in [0.2, 0.25) is 10.0 Å². The molecule has 0 aromatic carbocycles. The highest BCUT2D eigenvalue weighted by molar-refractivity contribution is 7.89. The van der Waals surface area contributed by atoms with Crippen molar-refractivity contribution in [2.75, 3.05) is 32.8 Å². The van der Waals surface area contributed by atoms with Gasteiger partial charge in [0.25, 0.3) is 5.91 Å². The van der Waals surface area contributed by atoms with E-state index in [0.717, 1.165) is 19.3 Å². The molecule has 2 aliphatic rings. The standard InChI is InChI=1S/C16H23N3O6S/c1-17-10-12(26(23,24)18-5-3-2-4-6-18)9-13(17)15(20)19-7-8-25-11-14(19)16(21)22/h9-10,14H,2-8,11H2,1H3,(H,21,22). The smallest absolute Gasteiger partial charge is 0.328 e. The van der Waals surface area contributed by atoms with Gasteiger partial charge in [-0.2, -0.15) is 4.31 Å². The molecule has 3 rings (SSSR count). The lowest BCUT2D eigenvalue weighted by Gasteiger charge is -2.32. The number of aromatic nitrogens is 1. The number of aryl methyl sites for hydroxylation is 1. The highest BCUT2D eigenvalue weighted by Crippen LogP contribution is 2.23. The van der Waals surface area contributed by atoms with Crippen LogP contribution in [0.5, 0.6) is 0 Å². The minimum absolute atomic E-state index is 0.0605. The monoisotopic (exact) mass is 385 g/mol. The number of hydrogen-bond acceptors (Lipinski definition) is 5. The Labute approximate surface area is 152 Å². The molecule has 1 atom stereocenters. The van der Waals surface area contributed by atoms with Crippen LogP contribution < -0.4 is 0 Å². The van der Waals surface area contributed by atoms with Gasteiger partial charge in [-0.05, 0) is 18.9 Å². The average molecular weight is 385 g/mol. The third kappa shape index (κ3) is 3.49. The van der Waals surface area contributed by atoms with Crippen molar-refractivity contribution in [1.29, 1.82) is 0 Å². The predicted octanol–water partition coefficient (Wildman–Crippen LogP) is 0.125. The van der Waals surface area contributed by atoms with Crippen LogP contribution in [0.3, 0.4) is 0 Å². The number of piperidine rings is 1. The van der Waals surface area contributed by atoms with Crippen LogP contribution in [-0.4, -0.2) is 78.1 Å². The maximum Gasteiger partial charge on any atom is 0.328 e. The molecule has 1 aromatic heterocycles. The number of morpholine rings is 1. The Morgan fingerprint density at radius 2 is 1.88 bits per heavy atom. The van der Waals surface area contributed by atoms with Gasteiger partial charge in [0.1, 0.15) is 10.6 Å². The molecule has 26 heavy (non-hydrogen) atoms. The normalized spacial score (nSPS) is 22.3. The number of hydrogen-bond donors (Lipinski definition) is 1. The van der Waals surface area contributed by atoms with Gasteiger partial charge in [-0.3, -0.25) is 4.79 Å². The van der Waals surface area contributed by atoms with E-state index in [1.165, 1.54) is 26.0 Å². The first-order valence-corrected chi connectivity index (χ1v) is 10.0. The number of nitrogens with zero attached hydrogens (tertiary/aromatic N) is 3. The van der Waals surface area contributed by atoms with Crippen LogP contribution in [0, 0.1) is 0 Å². The second-order valence-electron chi connectivity index (χ2n) is 6.56. The zero-order chi connectivity index (χ0) is 18.9. The zero-order valence-corrected chi connectivity index (χ0v) is 15.4. The maximum absolute atomic E-state index is 12.8. The second kappa shape index (κ2) is 7.37. The lowest BCUT2D eigenvalue weighted by Crippen LogP contribution is -2.52. The van der Waals surface area contributed by atoms with E-state index in [4.69, 9.17) is 4.74 Å². The molecule has 3 heterocycles. The summed E-state index contributed by atoms with van der Waals surface area (Å²) in [5.41, 5.74) is 0.147. The fraction of sp³-hybridized carbons (Fsp3) is 0.625. The van der Waals surface area contributed by atoms with E-state index in [0.29, 0.717) is 13.1 Å². The van der Waals surface area contributed by atoms with E-state index in [1.807, 2.05) is 0 Å². The van der Waals surface area contributed by atoms with E-state index < -0.39 is 27.9 Å². The molecule has 2 fully saturated rings. The Kier molecular flexibility index (Phi) is 5.35.